The van der Waals surface area contributed by atoms with Crippen LogP contribution < -0.4 is 10.6 Å². The first-order chi connectivity index (χ1) is 11.8. The van der Waals surface area contributed by atoms with Gasteiger partial charge in [0.05, 0.1) is 5.56 Å². The van der Waals surface area contributed by atoms with Gasteiger partial charge in [-0.05, 0) is 56.4 Å². The summed E-state index contributed by atoms with van der Waals surface area (Å²) < 4.78 is 37.6. The van der Waals surface area contributed by atoms with Crippen LogP contribution in [0.25, 0.3) is 0 Å². The van der Waals surface area contributed by atoms with Gasteiger partial charge in [-0.1, -0.05) is 6.92 Å². The molecule has 0 unspecified atom stereocenters. The van der Waals surface area contributed by atoms with Crippen molar-refractivity contribution in [1.29, 1.82) is 0 Å². The van der Waals surface area contributed by atoms with Gasteiger partial charge < -0.3 is 10.6 Å². The molecule has 0 heterocycles. The van der Waals surface area contributed by atoms with Crippen molar-refractivity contribution in [3.8, 4) is 0 Å². The molecule has 0 aliphatic heterocycles. The Balaban J connectivity index is 1.83. The molecule has 0 saturated heterocycles. The monoisotopic (exact) mass is 356 g/mol. The molecule has 2 amide bonds. The summed E-state index contributed by atoms with van der Waals surface area (Å²) in [5.74, 6) is -0.421. The fourth-order valence-electron chi connectivity index (χ4n) is 3.00. The van der Waals surface area contributed by atoms with Crippen LogP contribution in [0.2, 0.25) is 0 Å². The van der Waals surface area contributed by atoms with Crippen LogP contribution in [0, 0.1) is 11.8 Å². The third-order valence-corrected chi connectivity index (χ3v) is 4.50. The average molecular weight is 356 g/mol. The SMILES string of the molecule is CCCNC(=O)C1CCC(C(=O)Nc2ccc(C(F)(F)F)cc2)CC1. The molecule has 2 rings (SSSR count). The summed E-state index contributed by atoms with van der Waals surface area (Å²) in [7, 11) is 0. The number of hydrogen-bond acceptors (Lipinski definition) is 2. The topological polar surface area (TPSA) is 58.2 Å². The third-order valence-electron chi connectivity index (χ3n) is 4.50. The zero-order valence-corrected chi connectivity index (χ0v) is 14.2. The smallest absolute Gasteiger partial charge is 0.356 e. The molecular formula is C18H23F3N2O2. The van der Waals surface area contributed by atoms with E-state index in [1.807, 2.05) is 6.92 Å². The van der Waals surface area contributed by atoms with Gasteiger partial charge in [0.2, 0.25) is 11.8 Å². The Bertz CT molecular complexity index is 591. The van der Waals surface area contributed by atoms with E-state index >= 15 is 0 Å². The molecule has 138 valence electrons. The largest absolute Gasteiger partial charge is 0.416 e. The first-order valence-corrected chi connectivity index (χ1v) is 8.57. The van der Waals surface area contributed by atoms with Gasteiger partial charge in [0.25, 0.3) is 0 Å². The number of nitrogens with one attached hydrogen (secondary N) is 2. The zero-order chi connectivity index (χ0) is 18.4. The van der Waals surface area contributed by atoms with Gasteiger partial charge in [0.15, 0.2) is 0 Å². The quantitative estimate of drug-likeness (QED) is 0.838. The Hall–Kier alpha value is -2.05. The summed E-state index contributed by atoms with van der Waals surface area (Å²) in [5.41, 5.74) is -0.398. The van der Waals surface area contributed by atoms with Gasteiger partial charge in [-0.2, -0.15) is 13.2 Å². The average Bonchev–Trinajstić information content (AvgIpc) is 2.59. The van der Waals surface area contributed by atoms with Crippen LogP contribution >= 0.6 is 0 Å². The predicted octanol–water partition coefficient (Wildman–Crippen LogP) is 3.98. The van der Waals surface area contributed by atoms with Gasteiger partial charge in [0, 0.05) is 24.1 Å². The highest BCUT2D eigenvalue weighted by molar-refractivity contribution is 5.92. The lowest BCUT2D eigenvalue weighted by Gasteiger charge is -2.27. The number of benzene rings is 1. The molecule has 1 aromatic carbocycles. The molecule has 0 bridgehead atoms. The van der Waals surface area contributed by atoms with E-state index in [1.54, 1.807) is 0 Å². The molecule has 1 aliphatic rings. The van der Waals surface area contributed by atoms with Crippen molar-refractivity contribution in [1.82, 2.24) is 5.32 Å². The van der Waals surface area contributed by atoms with E-state index in [0.717, 1.165) is 18.6 Å². The second kappa shape index (κ2) is 8.36. The third kappa shape index (κ3) is 5.47. The van der Waals surface area contributed by atoms with Gasteiger partial charge in [0.1, 0.15) is 0 Å². The molecule has 1 aromatic rings. The zero-order valence-electron chi connectivity index (χ0n) is 14.2. The molecule has 25 heavy (non-hydrogen) atoms. The van der Waals surface area contributed by atoms with Crippen LogP contribution in [-0.4, -0.2) is 18.4 Å². The van der Waals surface area contributed by atoms with Gasteiger partial charge >= 0.3 is 6.18 Å². The number of hydrogen-bond donors (Lipinski definition) is 2. The fourth-order valence-corrected chi connectivity index (χ4v) is 3.00. The number of amides is 2. The van der Waals surface area contributed by atoms with E-state index in [4.69, 9.17) is 0 Å². The van der Waals surface area contributed by atoms with Crippen molar-refractivity contribution in [2.45, 2.75) is 45.2 Å². The van der Waals surface area contributed by atoms with Crippen LogP contribution in [0.15, 0.2) is 24.3 Å². The van der Waals surface area contributed by atoms with Gasteiger partial charge in [-0.25, -0.2) is 0 Å². The second-order valence-corrected chi connectivity index (χ2v) is 6.40. The van der Waals surface area contributed by atoms with Crippen LogP contribution in [0.4, 0.5) is 18.9 Å². The number of alkyl halides is 3. The Morgan fingerprint density at radius 3 is 2.00 bits per heavy atom. The van der Waals surface area contributed by atoms with Crippen molar-refractivity contribution in [2.75, 3.05) is 11.9 Å². The lowest BCUT2D eigenvalue weighted by Crippen LogP contribution is -2.35. The van der Waals surface area contributed by atoms with Crippen LogP contribution in [0.5, 0.6) is 0 Å². The molecule has 1 aliphatic carbocycles. The van der Waals surface area contributed by atoms with E-state index in [-0.39, 0.29) is 23.7 Å². The van der Waals surface area contributed by atoms with Gasteiger partial charge in [-0.15, -0.1) is 0 Å². The Labute approximate surface area is 145 Å². The van der Waals surface area contributed by atoms with E-state index < -0.39 is 11.7 Å². The number of halogens is 3. The Morgan fingerprint density at radius 2 is 1.52 bits per heavy atom. The molecule has 7 heteroatoms. The van der Waals surface area contributed by atoms with E-state index in [2.05, 4.69) is 10.6 Å². The van der Waals surface area contributed by atoms with Crippen molar-refractivity contribution in [2.24, 2.45) is 11.8 Å². The molecule has 0 aromatic heterocycles. The van der Waals surface area contributed by atoms with Crippen molar-refractivity contribution < 1.29 is 22.8 Å². The number of carbonyl (C=O) groups is 2. The van der Waals surface area contributed by atoms with Gasteiger partial charge in [-0.3, -0.25) is 9.59 Å². The number of anilines is 1. The minimum absolute atomic E-state index is 0.0449. The highest BCUT2D eigenvalue weighted by atomic mass is 19.4. The molecule has 1 saturated carbocycles. The van der Waals surface area contributed by atoms with Crippen LogP contribution in [0.3, 0.4) is 0 Å². The molecule has 1 fully saturated rings. The van der Waals surface area contributed by atoms with E-state index in [9.17, 15) is 22.8 Å². The summed E-state index contributed by atoms with van der Waals surface area (Å²) in [6.07, 6.45) is -0.982. The maximum absolute atomic E-state index is 12.5. The number of carbonyl (C=O) groups excluding carboxylic acids is 2. The predicted molar refractivity (Wildman–Crippen MR) is 88.8 cm³/mol. The van der Waals surface area contributed by atoms with Crippen molar-refractivity contribution in [3.05, 3.63) is 29.8 Å². The standard InChI is InChI=1S/C18H23F3N2O2/c1-2-11-22-16(24)12-3-5-13(6-4-12)17(25)23-15-9-7-14(8-10-15)18(19,20)21/h7-10,12-13H,2-6,11H2,1H3,(H,22,24)(H,23,25). The molecule has 4 nitrogen and oxygen atoms in total. The van der Waals surface area contributed by atoms with E-state index in [1.165, 1.54) is 12.1 Å². The molecule has 0 atom stereocenters. The molecule has 0 spiro atoms. The minimum atomic E-state index is -4.39. The number of rotatable bonds is 5. The molecule has 0 radical (unpaired) electrons. The fraction of sp³-hybridized carbons (Fsp3) is 0.556. The summed E-state index contributed by atoms with van der Waals surface area (Å²) in [6, 6.07) is 4.41. The maximum Gasteiger partial charge on any atom is 0.416 e. The summed E-state index contributed by atoms with van der Waals surface area (Å²) in [5, 5.41) is 5.53. The first kappa shape index (κ1) is 19.3. The lowest BCUT2D eigenvalue weighted by atomic mass is 9.81. The van der Waals surface area contributed by atoms with Crippen molar-refractivity contribution >= 4 is 17.5 Å². The van der Waals surface area contributed by atoms with Crippen molar-refractivity contribution in [3.63, 3.8) is 0 Å². The summed E-state index contributed by atoms with van der Waals surface area (Å²) in [6.45, 7) is 2.65. The molecule has 2 N–H and O–H groups in total. The minimum Gasteiger partial charge on any atom is -0.356 e. The molecular weight excluding hydrogens is 333 g/mol. The maximum atomic E-state index is 12.5. The highest BCUT2D eigenvalue weighted by Crippen LogP contribution is 2.31. The second-order valence-electron chi connectivity index (χ2n) is 6.40. The normalized spacial score (nSPS) is 20.8. The van der Waals surface area contributed by atoms with Crippen LogP contribution in [-0.2, 0) is 15.8 Å². The summed E-state index contributed by atoms with van der Waals surface area (Å²) in [4.78, 5) is 24.2. The Morgan fingerprint density at radius 1 is 1.00 bits per heavy atom. The lowest BCUT2D eigenvalue weighted by molar-refractivity contribution is -0.137. The highest BCUT2D eigenvalue weighted by Gasteiger charge is 2.31. The Kier molecular flexibility index (Phi) is 6.45. The van der Waals surface area contributed by atoms with Crippen LogP contribution in [0.1, 0.15) is 44.6 Å². The van der Waals surface area contributed by atoms with E-state index in [0.29, 0.717) is 37.9 Å². The first-order valence-electron chi connectivity index (χ1n) is 8.57. The summed E-state index contributed by atoms with van der Waals surface area (Å²) >= 11 is 0.